The number of nitrogens with zero attached hydrogens (tertiary/aromatic N) is 6. The number of nitrogens with one attached hydrogen (secondary N) is 1. The lowest BCUT2D eigenvalue weighted by Gasteiger charge is -2.39. The highest BCUT2D eigenvalue weighted by Crippen LogP contribution is 2.33. The number of aromatic nitrogens is 4. The molecule has 37 heavy (non-hydrogen) atoms. The summed E-state index contributed by atoms with van der Waals surface area (Å²) in [5.41, 5.74) is 10.1. The average molecular weight is 505 g/mol. The van der Waals surface area contributed by atoms with Crippen LogP contribution >= 0.6 is 0 Å². The van der Waals surface area contributed by atoms with E-state index in [-0.39, 0.29) is 18.8 Å². The van der Waals surface area contributed by atoms with Crippen LogP contribution in [0.4, 0.5) is 14.6 Å². The van der Waals surface area contributed by atoms with Crippen LogP contribution in [0.15, 0.2) is 64.9 Å². The lowest BCUT2D eigenvalue weighted by molar-refractivity contribution is -0.0267. The van der Waals surface area contributed by atoms with Gasteiger partial charge in [0, 0.05) is 37.5 Å². The van der Waals surface area contributed by atoms with E-state index >= 15 is 0 Å². The minimum atomic E-state index is -2.70. The molecule has 1 aliphatic heterocycles. The van der Waals surface area contributed by atoms with E-state index in [9.17, 15) is 13.6 Å². The number of aryl methyl sites for hydroxylation is 2. The van der Waals surface area contributed by atoms with Gasteiger partial charge in [-0.25, -0.2) is 23.6 Å². The van der Waals surface area contributed by atoms with Gasteiger partial charge in [-0.1, -0.05) is 12.6 Å². The highest BCUT2D eigenvalue weighted by Gasteiger charge is 2.44. The van der Waals surface area contributed by atoms with Gasteiger partial charge in [0.15, 0.2) is 0 Å². The van der Waals surface area contributed by atoms with Crippen molar-refractivity contribution in [1.29, 1.82) is 0 Å². The third-order valence-corrected chi connectivity index (χ3v) is 6.50. The van der Waals surface area contributed by atoms with Gasteiger partial charge in [0.25, 0.3) is 5.92 Å². The van der Waals surface area contributed by atoms with Crippen LogP contribution < -0.4 is 21.6 Å². The molecule has 1 aromatic carbocycles. The number of hydrogen-bond donors (Lipinski definition) is 2. The Morgan fingerprint density at radius 3 is 2.68 bits per heavy atom. The van der Waals surface area contributed by atoms with Crippen molar-refractivity contribution in [3.8, 4) is 5.69 Å². The second-order valence-corrected chi connectivity index (χ2v) is 8.96. The summed E-state index contributed by atoms with van der Waals surface area (Å²) in [6, 6.07) is 9.05. The molecule has 5 rings (SSSR count). The SMILES string of the molecule is C=C(N=C/C(=C\N)c1ccc2ncc3c(c2c1)n(-c1ccc(N2CC(F)(F)C2)nc1C)c(=O)n3C)NC. The molecule has 0 saturated carbocycles. The molecule has 4 aromatic rings. The van der Waals surface area contributed by atoms with Crippen molar-refractivity contribution in [3.05, 3.63) is 76.9 Å². The predicted octanol–water partition coefficient (Wildman–Crippen LogP) is 3.10. The number of alkyl halides is 2. The van der Waals surface area contributed by atoms with E-state index in [0.29, 0.717) is 45.1 Å². The summed E-state index contributed by atoms with van der Waals surface area (Å²) < 4.78 is 29.8. The molecule has 0 bridgehead atoms. The van der Waals surface area contributed by atoms with Crippen molar-refractivity contribution in [3.63, 3.8) is 0 Å². The number of halogens is 2. The molecule has 0 atom stereocenters. The maximum atomic E-state index is 13.4. The molecule has 1 aliphatic rings. The van der Waals surface area contributed by atoms with Gasteiger partial charge < -0.3 is 16.0 Å². The van der Waals surface area contributed by atoms with Gasteiger partial charge >= 0.3 is 5.69 Å². The topological polar surface area (TPSA) is 106 Å². The summed E-state index contributed by atoms with van der Waals surface area (Å²) >= 11 is 0. The number of fused-ring (bicyclic) bond motifs is 3. The molecular weight excluding hydrogens is 478 g/mol. The van der Waals surface area contributed by atoms with Crippen molar-refractivity contribution in [2.45, 2.75) is 12.8 Å². The van der Waals surface area contributed by atoms with Crippen molar-refractivity contribution in [2.75, 3.05) is 25.0 Å². The lowest BCUT2D eigenvalue weighted by atomic mass is 10.0. The normalized spacial score (nSPS) is 15.5. The van der Waals surface area contributed by atoms with Gasteiger partial charge in [-0.05, 0) is 36.8 Å². The molecule has 1 fully saturated rings. The highest BCUT2D eigenvalue weighted by molar-refractivity contribution is 6.12. The van der Waals surface area contributed by atoms with E-state index in [2.05, 4.69) is 26.9 Å². The lowest BCUT2D eigenvalue weighted by Crippen LogP contribution is -2.56. The molecule has 3 aromatic heterocycles. The molecule has 3 N–H and O–H groups in total. The van der Waals surface area contributed by atoms with Gasteiger partial charge in [0.05, 0.1) is 47.2 Å². The number of anilines is 1. The maximum absolute atomic E-state index is 13.4. The maximum Gasteiger partial charge on any atom is 0.333 e. The van der Waals surface area contributed by atoms with Crippen molar-refractivity contribution in [2.24, 2.45) is 17.8 Å². The first-order valence-corrected chi connectivity index (χ1v) is 11.6. The van der Waals surface area contributed by atoms with E-state index in [0.717, 1.165) is 10.9 Å². The van der Waals surface area contributed by atoms with Crippen molar-refractivity contribution < 1.29 is 8.78 Å². The number of rotatable bonds is 6. The van der Waals surface area contributed by atoms with Crippen molar-refractivity contribution in [1.82, 2.24) is 24.4 Å². The summed E-state index contributed by atoms with van der Waals surface area (Å²) in [4.78, 5) is 28.3. The Balaban J connectivity index is 1.68. The van der Waals surface area contributed by atoms with Crippen LogP contribution in [-0.2, 0) is 7.05 Å². The Morgan fingerprint density at radius 1 is 1.27 bits per heavy atom. The molecule has 4 heterocycles. The minimum absolute atomic E-state index is 0.274. The number of pyridine rings is 2. The van der Waals surface area contributed by atoms with Crippen LogP contribution in [0.1, 0.15) is 11.3 Å². The fraction of sp³-hybridized carbons (Fsp3) is 0.231. The highest BCUT2D eigenvalue weighted by atomic mass is 19.3. The smallest absolute Gasteiger partial charge is 0.333 e. The van der Waals surface area contributed by atoms with Crippen LogP contribution in [-0.4, -0.2) is 51.4 Å². The first-order chi connectivity index (χ1) is 17.6. The standard InChI is InChI=1S/C26H26F2N8O/c1-15-21(7-8-23(33-15)35-13-26(27,28)14-35)36-24-19-9-17(18(10-29)11-31-16(2)30-3)5-6-20(19)32-12-22(24)34(4)25(36)37/h5-12,30H,2,13-14,29H2,1,3-4H3/b18-10+,31-11?. The number of nitrogens with two attached hydrogens (primary N) is 1. The largest absolute Gasteiger partial charge is 0.404 e. The molecule has 0 spiro atoms. The monoisotopic (exact) mass is 504 g/mol. The minimum Gasteiger partial charge on any atom is -0.404 e. The third-order valence-electron chi connectivity index (χ3n) is 6.50. The second kappa shape index (κ2) is 8.84. The summed E-state index contributed by atoms with van der Waals surface area (Å²) in [5, 5.41) is 3.59. The number of benzene rings is 1. The van der Waals surface area contributed by atoms with Gasteiger partial charge in [-0.3, -0.25) is 14.1 Å². The van der Waals surface area contributed by atoms with E-state index in [1.165, 1.54) is 15.7 Å². The molecular formula is C26H26F2N8O. The molecule has 0 unspecified atom stereocenters. The van der Waals surface area contributed by atoms with Crippen LogP contribution in [0.3, 0.4) is 0 Å². The predicted molar refractivity (Wildman–Crippen MR) is 142 cm³/mol. The summed E-state index contributed by atoms with van der Waals surface area (Å²) in [6.45, 7) is 4.82. The summed E-state index contributed by atoms with van der Waals surface area (Å²) in [5.74, 6) is -1.77. The number of hydrogen-bond acceptors (Lipinski definition) is 7. The van der Waals surface area contributed by atoms with Crippen molar-refractivity contribution >= 4 is 39.5 Å². The molecule has 1 saturated heterocycles. The Labute approximate surface area is 211 Å². The fourth-order valence-electron chi connectivity index (χ4n) is 4.45. The third kappa shape index (κ3) is 4.11. The zero-order chi connectivity index (χ0) is 26.5. The number of imidazole rings is 1. The molecule has 190 valence electrons. The fourth-order valence-corrected chi connectivity index (χ4v) is 4.45. The van der Waals surface area contributed by atoms with Gasteiger partial charge in [0.2, 0.25) is 0 Å². The number of aliphatic imine (C=N–C) groups is 1. The molecule has 0 aliphatic carbocycles. The Morgan fingerprint density at radius 2 is 2.03 bits per heavy atom. The van der Waals surface area contributed by atoms with E-state index in [4.69, 9.17) is 5.73 Å². The molecule has 11 heteroatoms. The van der Waals surface area contributed by atoms with Crippen LogP contribution in [0, 0.1) is 6.92 Å². The Bertz CT molecular complexity index is 1670. The zero-order valence-corrected chi connectivity index (χ0v) is 20.7. The van der Waals surface area contributed by atoms with Crippen LogP contribution in [0.5, 0.6) is 0 Å². The van der Waals surface area contributed by atoms with Gasteiger partial charge in [-0.15, -0.1) is 0 Å². The first kappa shape index (κ1) is 24.2. The summed E-state index contributed by atoms with van der Waals surface area (Å²) in [6.07, 6.45) is 4.72. The molecule has 9 nitrogen and oxygen atoms in total. The average Bonchev–Trinajstić information content (AvgIpc) is 3.12. The second-order valence-electron chi connectivity index (χ2n) is 8.96. The first-order valence-electron chi connectivity index (χ1n) is 11.6. The Hall–Kier alpha value is -4.54. The zero-order valence-electron chi connectivity index (χ0n) is 20.7. The van der Waals surface area contributed by atoms with Gasteiger partial charge in [0.1, 0.15) is 11.6 Å². The number of allylic oxidation sites excluding steroid dienone is 1. The quantitative estimate of drug-likeness (QED) is 0.391. The van der Waals surface area contributed by atoms with Crippen LogP contribution in [0.2, 0.25) is 0 Å². The molecule has 0 radical (unpaired) electrons. The molecule has 0 amide bonds. The Kier molecular flexibility index (Phi) is 5.77. The van der Waals surface area contributed by atoms with E-state index < -0.39 is 5.92 Å². The van der Waals surface area contributed by atoms with Crippen LogP contribution in [0.25, 0.3) is 33.2 Å². The van der Waals surface area contributed by atoms with E-state index in [1.54, 1.807) is 50.1 Å². The van der Waals surface area contributed by atoms with Gasteiger partial charge in [-0.2, -0.15) is 0 Å². The van der Waals surface area contributed by atoms with E-state index in [1.807, 2.05) is 18.2 Å². The summed E-state index contributed by atoms with van der Waals surface area (Å²) in [7, 11) is 3.40.